The number of benzene rings is 1. The number of carbonyl (C=O) groups is 2. The van der Waals surface area contributed by atoms with E-state index in [1.54, 1.807) is 47.2 Å². The molecular weight excluding hydrogens is 419 g/mol. The molecular formula is C20H22Cl2N2O5. The summed E-state index contributed by atoms with van der Waals surface area (Å²) in [7, 11) is 1.57. The third-order valence-electron chi connectivity index (χ3n) is 4.60. The molecule has 1 aliphatic rings. The molecule has 2 aromatic rings. The second kappa shape index (κ2) is 10.1. The largest absolute Gasteiger partial charge is 0.459 e. The summed E-state index contributed by atoms with van der Waals surface area (Å²) in [6.45, 7) is 2.27. The van der Waals surface area contributed by atoms with Gasteiger partial charge in [0.25, 0.3) is 11.8 Å². The molecule has 0 spiro atoms. The van der Waals surface area contributed by atoms with Gasteiger partial charge in [0, 0.05) is 38.9 Å². The number of furan rings is 1. The second-order valence-electron chi connectivity index (χ2n) is 6.59. The third-order valence-corrected chi connectivity index (χ3v) is 5.34. The van der Waals surface area contributed by atoms with Crippen LogP contribution in [0, 0.1) is 0 Å². The average molecular weight is 441 g/mol. The van der Waals surface area contributed by atoms with E-state index in [1.807, 2.05) is 0 Å². The highest BCUT2D eigenvalue weighted by atomic mass is 35.5. The molecule has 1 aromatic carbocycles. The minimum Gasteiger partial charge on any atom is -0.459 e. The van der Waals surface area contributed by atoms with Crippen molar-refractivity contribution >= 4 is 35.0 Å². The Hall–Kier alpha value is -2.06. The average Bonchev–Trinajstić information content (AvgIpc) is 3.27. The lowest BCUT2D eigenvalue weighted by Crippen LogP contribution is -2.51. The van der Waals surface area contributed by atoms with Crippen molar-refractivity contribution in [3.8, 4) is 0 Å². The monoisotopic (exact) mass is 440 g/mol. The van der Waals surface area contributed by atoms with E-state index in [0.29, 0.717) is 55.0 Å². The zero-order valence-corrected chi connectivity index (χ0v) is 17.5. The number of ether oxygens (including phenoxy) is 2. The van der Waals surface area contributed by atoms with Gasteiger partial charge in [-0.1, -0.05) is 23.2 Å². The van der Waals surface area contributed by atoms with E-state index in [9.17, 15) is 9.59 Å². The molecule has 0 bridgehead atoms. The summed E-state index contributed by atoms with van der Waals surface area (Å²) in [5.74, 6) is -0.151. The smallest absolute Gasteiger partial charge is 0.289 e. The van der Waals surface area contributed by atoms with E-state index in [1.165, 1.54) is 6.26 Å². The van der Waals surface area contributed by atoms with Crippen molar-refractivity contribution in [2.45, 2.75) is 6.10 Å². The Bertz CT molecular complexity index is 843. The Morgan fingerprint density at radius 2 is 2.10 bits per heavy atom. The molecule has 0 N–H and O–H groups in total. The van der Waals surface area contributed by atoms with Gasteiger partial charge in [-0.25, -0.2) is 0 Å². The van der Waals surface area contributed by atoms with Crippen LogP contribution in [-0.4, -0.2) is 74.2 Å². The summed E-state index contributed by atoms with van der Waals surface area (Å²) in [4.78, 5) is 28.9. The first kappa shape index (κ1) is 21.6. The predicted molar refractivity (Wildman–Crippen MR) is 109 cm³/mol. The van der Waals surface area contributed by atoms with Crippen molar-refractivity contribution in [1.82, 2.24) is 9.80 Å². The summed E-state index contributed by atoms with van der Waals surface area (Å²) in [6, 6.07) is 8.08. The lowest BCUT2D eigenvalue weighted by atomic mass is 10.1. The molecule has 0 aliphatic carbocycles. The Labute approximate surface area is 179 Å². The summed E-state index contributed by atoms with van der Waals surface area (Å²) >= 11 is 12.0. The van der Waals surface area contributed by atoms with Crippen LogP contribution in [0.4, 0.5) is 0 Å². The molecule has 1 atom stereocenters. The second-order valence-corrected chi connectivity index (χ2v) is 7.41. The lowest BCUT2D eigenvalue weighted by Gasteiger charge is -2.35. The standard InChI is InChI=1S/C20H22Cl2N2O5/c1-27-9-6-24(20(26)18-3-2-8-29-18)13-15-12-23(7-10-28-15)19(25)14-4-5-16(21)17(22)11-14/h2-5,8,11,15H,6-7,9-10,12-13H2,1H3. The zero-order valence-electron chi connectivity index (χ0n) is 16.0. The molecule has 156 valence electrons. The van der Waals surface area contributed by atoms with Crippen LogP contribution in [0.25, 0.3) is 0 Å². The van der Waals surface area contributed by atoms with Gasteiger partial charge in [-0.2, -0.15) is 0 Å². The highest BCUT2D eigenvalue weighted by Gasteiger charge is 2.29. The van der Waals surface area contributed by atoms with Gasteiger partial charge < -0.3 is 23.7 Å². The highest BCUT2D eigenvalue weighted by molar-refractivity contribution is 6.42. The Morgan fingerprint density at radius 3 is 2.79 bits per heavy atom. The topological polar surface area (TPSA) is 72.2 Å². The lowest BCUT2D eigenvalue weighted by molar-refractivity contribution is -0.0350. The SMILES string of the molecule is COCCN(CC1CN(C(=O)c2ccc(Cl)c(Cl)c2)CCO1)C(=O)c1ccco1. The Kier molecular flexibility index (Phi) is 7.55. The maximum atomic E-state index is 12.8. The molecule has 7 nitrogen and oxygen atoms in total. The quantitative estimate of drug-likeness (QED) is 0.660. The number of morpholine rings is 1. The number of amides is 2. The number of carbonyl (C=O) groups excluding carboxylic acids is 2. The minimum atomic E-state index is -0.328. The normalized spacial score (nSPS) is 16.7. The van der Waals surface area contributed by atoms with Crippen LogP contribution in [0.15, 0.2) is 41.0 Å². The summed E-state index contributed by atoms with van der Waals surface area (Å²) in [5.41, 5.74) is 0.461. The molecule has 1 fully saturated rings. The van der Waals surface area contributed by atoms with Gasteiger partial charge in [-0.15, -0.1) is 0 Å². The first-order valence-corrected chi connectivity index (χ1v) is 9.93. The van der Waals surface area contributed by atoms with Crippen LogP contribution in [0.2, 0.25) is 10.0 Å². The third kappa shape index (κ3) is 5.51. The van der Waals surface area contributed by atoms with Gasteiger partial charge >= 0.3 is 0 Å². The van der Waals surface area contributed by atoms with Crippen LogP contribution < -0.4 is 0 Å². The number of methoxy groups -OCH3 is 1. The fraction of sp³-hybridized carbons (Fsp3) is 0.400. The maximum Gasteiger partial charge on any atom is 0.289 e. The van der Waals surface area contributed by atoms with E-state index in [0.717, 1.165) is 0 Å². The van der Waals surface area contributed by atoms with Crippen molar-refractivity contribution < 1.29 is 23.5 Å². The van der Waals surface area contributed by atoms with Gasteiger partial charge in [0.05, 0.1) is 35.6 Å². The first-order valence-electron chi connectivity index (χ1n) is 9.17. The predicted octanol–water partition coefficient (Wildman–Crippen LogP) is 3.22. The fourth-order valence-electron chi connectivity index (χ4n) is 3.11. The van der Waals surface area contributed by atoms with Crippen LogP contribution in [0.1, 0.15) is 20.9 Å². The van der Waals surface area contributed by atoms with Gasteiger partial charge in [0.1, 0.15) is 0 Å². The van der Waals surface area contributed by atoms with Crippen LogP contribution in [0.3, 0.4) is 0 Å². The Morgan fingerprint density at radius 1 is 1.28 bits per heavy atom. The van der Waals surface area contributed by atoms with Crippen molar-refractivity contribution in [3.05, 3.63) is 58.0 Å². The van der Waals surface area contributed by atoms with Gasteiger partial charge in [0.15, 0.2) is 5.76 Å². The molecule has 3 rings (SSSR count). The number of halogens is 2. The first-order chi connectivity index (χ1) is 14.0. The minimum absolute atomic E-state index is 0.155. The number of nitrogens with zero attached hydrogens (tertiary/aromatic N) is 2. The van der Waals surface area contributed by atoms with E-state index in [4.69, 9.17) is 37.1 Å². The van der Waals surface area contributed by atoms with E-state index in [-0.39, 0.29) is 23.7 Å². The Balaban J connectivity index is 1.67. The van der Waals surface area contributed by atoms with Crippen molar-refractivity contribution in [3.63, 3.8) is 0 Å². The van der Waals surface area contributed by atoms with Crippen molar-refractivity contribution in [2.24, 2.45) is 0 Å². The molecule has 9 heteroatoms. The highest BCUT2D eigenvalue weighted by Crippen LogP contribution is 2.24. The summed E-state index contributed by atoms with van der Waals surface area (Å²) in [6.07, 6.45) is 1.13. The van der Waals surface area contributed by atoms with E-state index < -0.39 is 0 Å². The van der Waals surface area contributed by atoms with Crippen LogP contribution in [-0.2, 0) is 9.47 Å². The molecule has 1 aliphatic heterocycles. The van der Waals surface area contributed by atoms with Crippen LogP contribution >= 0.6 is 23.2 Å². The molecule has 1 unspecified atom stereocenters. The van der Waals surface area contributed by atoms with Crippen molar-refractivity contribution in [1.29, 1.82) is 0 Å². The molecule has 2 heterocycles. The number of hydrogen-bond donors (Lipinski definition) is 0. The van der Waals surface area contributed by atoms with Gasteiger partial charge in [-0.3, -0.25) is 9.59 Å². The molecule has 2 amide bonds. The van der Waals surface area contributed by atoms with Gasteiger partial charge in [-0.05, 0) is 30.3 Å². The number of rotatable bonds is 7. The molecule has 0 saturated carbocycles. The summed E-state index contributed by atoms with van der Waals surface area (Å²) in [5, 5.41) is 0.727. The van der Waals surface area contributed by atoms with Crippen molar-refractivity contribution in [2.75, 3.05) is 46.5 Å². The molecule has 1 saturated heterocycles. The summed E-state index contributed by atoms with van der Waals surface area (Å²) < 4.78 is 16.1. The maximum absolute atomic E-state index is 12.8. The van der Waals surface area contributed by atoms with E-state index in [2.05, 4.69) is 0 Å². The van der Waals surface area contributed by atoms with Gasteiger partial charge in [0.2, 0.25) is 0 Å². The number of hydrogen-bond acceptors (Lipinski definition) is 5. The molecule has 1 aromatic heterocycles. The molecule has 0 radical (unpaired) electrons. The van der Waals surface area contributed by atoms with E-state index >= 15 is 0 Å². The molecule has 29 heavy (non-hydrogen) atoms. The van der Waals surface area contributed by atoms with Crippen LogP contribution in [0.5, 0.6) is 0 Å². The fourth-order valence-corrected chi connectivity index (χ4v) is 3.40. The zero-order chi connectivity index (χ0) is 20.8.